The minimum Gasteiger partial charge on any atom is -0.341 e. The largest absolute Gasteiger partial charge is 0.341 e. The van der Waals surface area contributed by atoms with E-state index in [9.17, 15) is 9.59 Å². The van der Waals surface area contributed by atoms with Crippen LogP contribution in [0.15, 0.2) is 18.5 Å². The first kappa shape index (κ1) is 20.7. The molecule has 2 aliphatic heterocycles. The maximum atomic E-state index is 12.4. The summed E-state index contributed by atoms with van der Waals surface area (Å²) in [5.41, 5.74) is 3.51. The first-order chi connectivity index (χ1) is 14.2. The van der Waals surface area contributed by atoms with Crippen LogP contribution in [0.25, 0.3) is 0 Å². The normalized spacial score (nSPS) is 19.6. The Kier molecular flexibility index (Phi) is 5.44. The van der Waals surface area contributed by atoms with Gasteiger partial charge in [0.25, 0.3) is 0 Å². The van der Waals surface area contributed by atoms with Crippen molar-refractivity contribution in [2.45, 2.75) is 52.6 Å². The van der Waals surface area contributed by atoms with Gasteiger partial charge in [-0.05, 0) is 35.4 Å². The van der Waals surface area contributed by atoms with Crippen LogP contribution in [0, 0.1) is 5.41 Å². The molecule has 2 aromatic heterocycles. The Bertz CT molecular complexity index is 986. The molecule has 9 heteroatoms. The standard InChI is InChI=1S/C21H27ClN6O2/c1-13(29)27-5-4-16(11-27)25-20(30)26-19-7-14(17(22)10-23-19)6-15-9-24-28-12-21(2,3)8-18(15)28/h7,9-10,16H,4-6,8,11-12H2,1-3H3,(H2,23,25,26,30)/t16-/m1/s1. The Morgan fingerprint density at radius 3 is 2.83 bits per heavy atom. The fourth-order valence-electron chi connectivity index (χ4n) is 4.24. The number of urea groups is 1. The number of carbonyl (C=O) groups excluding carboxylic acids is 2. The van der Waals surface area contributed by atoms with Gasteiger partial charge < -0.3 is 10.2 Å². The van der Waals surface area contributed by atoms with Crippen molar-refractivity contribution in [3.8, 4) is 0 Å². The summed E-state index contributed by atoms with van der Waals surface area (Å²) in [5, 5.41) is 10.8. The number of fused-ring (bicyclic) bond motifs is 1. The van der Waals surface area contributed by atoms with Gasteiger partial charge in [-0.3, -0.25) is 14.8 Å². The fraction of sp³-hybridized carbons (Fsp3) is 0.524. The van der Waals surface area contributed by atoms with Crippen LogP contribution in [-0.4, -0.2) is 50.7 Å². The van der Waals surface area contributed by atoms with Gasteiger partial charge in [0.05, 0.1) is 11.2 Å². The Hall–Kier alpha value is -2.61. The first-order valence-corrected chi connectivity index (χ1v) is 10.6. The molecular weight excluding hydrogens is 404 g/mol. The molecule has 4 rings (SSSR count). The van der Waals surface area contributed by atoms with E-state index in [0.717, 1.165) is 30.5 Å². The van der Waals surface area contributed by atoms with E-state index in [2.05, 4.69) is 39.2 Å². The number of anilines is 1. The van der Waals surface area contributed by atoms with E-state index in [1.165, 1.54) is 5.69 Å². The van der Waals surface area contributed by atoms with E-state index in [1.54, 1.807) is 18.0 Å². The lowest BCUT2D eigenvalue weighted by atomic mass is 9.90. The van der Waals surface area contributed by atoms with Gasteiger partial charge in [-0.2, -0.15) is 5.10 Å². The zero-order valence-corrected chi connectivity index (χ0v) is 18.3. The van der Waals surface area contributed by atoms with Gasteiger partial charge in [0.15, 0.2) is 0 Å². The highest BCUT2D eigenvalue weighted by molar-refractivity contribution is 6.31. The van der Waals surface area contributed by atoms with Crippen LogP contribution in [0.2, 0.25) is 5.02 Å². The molecule has 1 atom stereocenters. The summed E-state index contributed by atoms with van der Waals surface area (Å²) in [5.74, 6) is 0.469. The van der Waals surface area contributed by atoms with E-state index in [4.69, 9.17) is 11.6 Å². The summed E-state index contributed by atoms with van der Waals surface area (Å²) in [4.78, 5) is 29.8. The second-order valence-electron chi connectivity index (χ2n) is 9.00. The number of halogens is 1. The van der Waals surface area contributed by atoms with Crippen molar-refractivity contribution in [1.29, 1.82) is 0 Å². The maximum absolute atomic E-state index is 12.4. The zero-order valence-electron chi connectivity index (χ0n) is 17.5. The molecule has 2 aromatic rings. The number of rotatable bonds is 4. The number of nitrogens with zero attached hydrogens (tertiary/aromatic N) is 4. The molecule has 8 nitrogen and oxygen atoms in total. The highest BCUT2D eigenvalue weighted by Crippen LogP contribution is 2.34. The lowest BCUT2D eigenvalue weighted by Crippen LogP contribution is -2.40. The summed E-state index contributed by atoms with van der Waals surface area (Å²) in [6, 6.07) is 1.42. The summed E-state index contributed by atoms with van der Waals surface area (Å²) < 4.78 is 2.07. The molecule has 0 aromatic carbocycles. The van der Waals surface area contributed by atoms with E-state index < -0.39 is 0 Å². The van der Waals surface area contributed by atoms with Crippen molar-refractivity contribution in [3.05, 3.63) is 40.3 Å². The number of amides is 3. The Labute approximate surface area is 181 Å². The van der Waals surface area contributed by atoms with Crippen molar-refractivity contribution in [3.63, 3.8) is 0 Å². The number of aromatic nitrogens is 3. The topological polar surface area (TPSA) is 92.2 Å². The van der Waals surface area contributed by atoms with Crippen LogP contribution in [0.3, 0.4) is 0 Å². The van der Waals surface area contributed by atoms with E-state index >= 15 is 0 Å². The molecule has 4 heterocycles. The average Bonchev–Trinajstić information content (AvgIpc) is 3.33. The Morgan fingerprint density at radius 1 is 1.30 bits per heavy atom. The maximum Gasteiger partial charge on any atom is 0.320 e. The minimum atomic E-state index is -0.334. The SMILES string of the molecule is CC(=O)N1CC[C@@H](NC(=O)Nc2cc(Cc3cnn4c3CC(C)(C)C4)c(Cl)cn2)C1. The zero-order chi connectivity index (χ0) is 21.5. The molecule has 2 aliphatic rings. The molecule has 30 heavy (non-hydrogen) atoms. The molecule has 0 unspecified atom stereocenters. The number of carbonyl (C=O) groups is 2. The summed E-state index contributed by atoms with van der Waals surface area (Å²) in [6.07, 6.45) is 5.83. The molecule has 1 saturated heterocycles. The van der Waals surface area contributed by atoms with Gasteiger partial charge in [0.2, 0.25) is 5.91 Å². The summed E-state index contributed by atoms with van der Waals surface area (Å²) in [7, 11) is 0. The molecule has 0 aliphatic carbocycles. The smallest absolute Gasteiger partial charge is 0.320 e. The fourth-order valence-corrected chi connectivity index (χ4v) is 4.41. The van der Waals surface area contributed by atoms with Gasteiger partial charge in [0.1, 0.15) is 5.82 Å². The van der Waals surface area contributed by atoms with Crippen LogP contribution >= 0.6 is 11.6 Å². The Morgan fingerprint density at radius 2 is 2.10 bits per heavy atom. The van der Waals surface area contributed by atoms with E-state index in [0.29, 0.717) is 30.4 Å². The number of pyridine rings is 1. The number of nitrogens with one attached hydrogen (secondary N) is 2. The third kappa shape index (κ3) is 4.43. The van der Waals surface area contributed by atoms with Gasteiger partial charge in [0, 0.05) is 50.9 Å². The Balaban J connectivity index is 1.41. The molecule has 0 bridgehead atoms. The van der Waals surface area contributed by atoms with Gasteiger partial charge in [-0.25, -0.2) is 9.78 Å². The number of likely N-dealkylation sites (tertiary alicyclic amines) is 1. The third-order valence-electron chi connectivity index (χ3n) is 5.78. The molecule has 0 spiro atoms. The van der Waals surface area contributed by atoms with Crippen LogP contribution in [0.1, 0.15) is 44.0 Å². The number of hydrogen-bond acceptors (Lipinski definition) is 4. The average molecular weight is 431 g/mol. The number of hydrogen-bond donors (Lipinski definition) is 2. The van der Waals surface area contributed by atoms with Gasteiger partial charge >= 0.3 is 6.03 Å². The molecule has 1 fully saturated rings. The molecule has 0 saturated carbocycles. The molecule has 2 N–H and O–H groups in total. The van der Waals surface area contributed by atoms with Crippen molar-refractivity contribution in [2.24, 2.45) is 5.41 Å². The quantitative estimate of drug-likeness (QED) is 0.780. The minimum absolute atomic E-state index is 0.0266. The molecular formula is C21H27ClN6O2. The van der Waals surface area contributed by atoms with Crippen LogP contribution in [0.5, 0.6) is 0 Å². The summed E-state index contributed by atoms with van der Waals surface area (Å²) >= 11 is 6.38. The second-order valence-corrected chi connectivity index (χ2v) is 9.41. The van der Waals surface area contributed by atoms with Crippen molar-refractivity contribution in [2.75, 3.05) is 18.4 Å². The molecule has 160 valence electrons. The van der Waals surface area contributed by atoms with Crippen molar-refractivity contribution >= 4 is 29.4 Å². The lowest BCUT2D eigenvalue weighted by Gasteiger charge is -2.16. The highest BCUT2D eigenvalue weighted by Gasteiger charge is 2.31. The monoisotopic (exact) mass is 430 g/mol. The van der Waals surface area contributed by atoms with Crippen molar-refractivity contribution in [1.82, 2.24) is 25.0 Å². The van der Waals surface area contributed by atoms with Crippen LogP contribution in [0.4, 0.5) is 10.6 Å². The second kappa shape index (κ2) is 7.91. The van der Waals surface area contributed by atoms with Gasteiger partial charge in [-0.1, -0.05) is 25.4 Å². The van der Waals surface area contributed by atoms with Gasteiger partial charge in [-0.15, -0.1) is 0 Å². The first-order valence-electron chi connectivity index (χ1n) is 10.2. The van der Waals surface area contributed by atoms with E-state index in [-0.39, 0.29) is 23.4 Å². The predicted molar refractivity (Wildman–Crippen MR) is 115 cm³/mol. The molecule has 3 amide bonds. The third-order valence-corrected chi connectivity index (χ3v) is 6.13. The van der Waals surface area contributed by atoms with Crippen LogP contribution < -0.4 is 10.6 Å². The highest BCUT2D eigenvalue weighted by atomic mass is 35.5. The molecule has 0 radical (unpaired) electrons. The lowest BCUT2D eigenvalue weighted by molar-refractivity contribution is -0.127. The van der Waals surface area contributed by atoms with Crippen molar-refractivity contribution < 1.29 is 9.59 Å². The van der Waals surface area contributed by atoms with E-state index in [1.807, 2.05) is 12.3 Å². The summed E-state index contributed by atoms with van der Waals surface area (Å²) in [6.45, 7) is 8.14. The van der Waals surface area contributed by atoms with Crippen LogP contribution in [-0.2, 0) is 24.2 Å². The predicted octanol–water partition coefficient (Wildman–Crippen LogP) is 2.85.